The van der Waals surface area contributed by atoms with Crippen LogP contribution in [0.2, 0.25) is 0 Å². The molecule has 0 radical (unpaired) electrons. The molecule has 0 fully saturated rings. The summed E-state index contributed by atoms with van der Waals surface area (Å²) in [5.41, 5.74) is 2.58. The van der Waals surface area contributed by atoms with Crippen LogP contribution < -0.4 is 4.74 Å². The smallest absolute Gasteiger partial charge is 0.219 e. The van der Waals surface area contributed by atoms with E-state index in [-0.39, 0.29) is 0 Å². The molecule has 0 unspecified atom stereocenters. The van der Waals surface area contributed by atoms with Crippen LogP contribution in [0.1, 0.15) is 11.1 Å². The van der Waals surface area contributed by atoms with Crippen LogP contribution in [0.3, 0.4) is 0 Å². The molecule has 0 spiro atoms. The maximum Gasteiger partial charge on any atom is 0.219 e. The zero-order valence-electron chi connectivity index (χ0n) is 13.2. The number of para-hydroxylation sites is 1. The van der Waals surface area contributed by atoms with Crippen LogP contribution in [0.25, 0.3) is 21.5 Å². The number of hydrogen-bond acceptors (Lipinski definition) is 2. The minimum Gasteiger partial charge on any atom is -0.439 e. The average molecular weight is 299 g/mol. The Labute approximate surface area is 135 Å². The van der Waals surface area contributed by atoms with Crippen LogP contribution in [-0.2, 0) is 0 Å². The summed E-state index contributed by atoms with van der Waals surface area (Å²) in [7, 11) is 0. The molecule has 23 heavy (non-hydrogen) atoms. The van der Waals surface area contributed by atoms with Crippen LogP contribution in [0.15, 0.2) is 66.9 Å². The van der Waals surface area contributed by atoms with Crippen LogP contribution in [0.4, 0.5) is 0 Å². The van der Waals surface area contributed by atoms with Gasteiger partial charge in [-0.1, -0.05) is 35.9 Å². The van der Waals surface area contributed by atoms with Gasteiger partial charge in [0.2, 0.25) is 5.88 Å². The van der Waals surface area contributed by atoms with Crippen molar-refractivity contribution in [2.24, 2.45) is 0 Å². The van der Waals surface area contributed by atoms with Crippen molar-refractivity contribution in [2.75, 3.05) is 0 Å². The van der Waals surface area contributed by atoms with E-state index in [1.165, 1.54) is 21.9 Å². The molecule has 0 bridgehead atoms. The molecule has 0 aliphatic carbocycles. The molecule has 0 N–H and O–H groups in total. The fourth-order valence-corrected chi connectivity index (χ4v) is 3.02. The van der Waals surface area contributed by atoms with Crippen LogP contribution in [0, 0.1) is 13.8 Å². The molecular weight excluding hydrogens is 282 g/mol. The molecule has 0 aliphatic heterocycles. The van der Waals surface area contributed by atoms with Gasteiger partial charge in [-0.15, -0.1) is 0 Å². The van der Waals surface area contributed by atoms with Crippen molar-refractivity contribution >= 4 is 21.5 Å². The lowest BCUT2D eigenvalue weighted by Crippen LogP contribution is -1.89. The van der Waals surface area contributed by atoms with E-state index < -0.39 is 0 Å². The molecule has 4 aromatic rings. The van der Waals surface area contributed by atoms with Gasteiger partial charge in [0.15, 0.2) is 0 Å². The third-order valence-electron chi connectivity index (χ3n) is 4.08. The molecule has 1 heterocycles. The van der Waals surface area contributed by atoms with Gasteiger partial charge in [0.1, 0.15) is 5.75 Å². The lowest BCUT2D eigenvalue weighted by molar-refractivity contribution is 0.464. The number of nitrogens with zero attached hydrogens (tertiary/aromatic N) is 1. The lowest BCUT2D eigenvalue weighted by Gasteiger charge is -2.09. The Morgan fingerprint density at radius 2 is 1.61 bits per heavy atom. The molecule has 3 aromatic carbocycles. The zero-order chi connectivity index (χ0) is 15.8. The SMILES string of the molecule is Cc1cc(C)c2cc3cc(Oc4ccccc4)ncc3cc2c1. The van der Waals surface area contributed by atoms with Gasteiger partial charge in [0.05, 0.1) is 0 Å². The maximum absolute atomic E-state index is 5.84. The van der Waals surface area contributed by atoms with Gasteiger partial charge in [-0.05, 0) is 59.8 Å². The van der Waals surface area contributed by atoms with E-state index in [0.29, 0.717) is 5.88 Å². The summed E-state index contributed by atoms with van der Waals surface area (Å²) in [5, 5.41) is 4.81. The zero-order valence-corrected chi connectivity index (χ0v) is 13.2. The normalized spacial score (nSPS) is 11.0. The fraction of sp³-hybridized carbons (Fsp3) is 0.0952. The van der Waals surface area contributed by atoms with Gasteiger partial charge in [0.25, 0.3) is 0 Å². The number of pyridine rings is 1. The lowest BCUT2D eigenvalue weighted by atomic mass is 9.99. The van der Waals surface area contributed by atoms with E-state index in [1.54, 1.807) is 0 Å². The molecule has 112 valence electrons. The van der Waals surface area contributed by atoms with Crippen LogP contribution in [0.5, 0.6) is 11.6 Å². The number of fused-ring (bicyclic) bond motifs is 2. The second kappa shape index (κ2) is 5.40. The third-order valence-corrected chi connectivity index (χ3v) is 4.08. The molecule has 0 atom stereocenters. The highest BCUT2D eigenvalue weighted by Gasteiger charge is 2.05. The van der Waals surface area contributed by atoms with Crippen LogP contribution in [-0.4, -0.2) is 4.98 Å². The van der Waals surface area contributed by atoms with E-state index in [9.17, 15) is 0 Å². The Morgan fingerprint density at radius 3 is 2.43 bits per heavy atom. The molecular formula is C21H17NO. The van der Waals surface area contributed by atoms with E-state index in [2.05, 4.69) is 43.1 Å². The predicted molar refractivity (Wildman–Crippen MR) is 95.2 cm³/mol. The highest BCUT2D eigenvalue weighted by atomic mass is 16.5. The summed E-state index contributed by atoms with van der Waals surface area (Å²) in [5.74, 6) is 1.42. The van der Waals surface area contributed by atoms with Gasteiger partial charge in [0, 0.05) is 17.6 Å². The molecule has 0 saturated carbocycles. The highest BCUT2D eigenvalue weighted by Crippen LogP contribution is 2.29. The van der Waals surface area contributed by atoms with Crippen molar-refractivity contribution in [3.63, 3.8) is 0 Å². The first kappa shape index (κ1) is 13.8. The molecule has 0 amide bonds. The molecule has 2 heteroatoms. The standard InChI is InChI=1S/C21H17NO/c1-14-8-15(2)20-11-16-12-21(23-19-6-4-3-5-7-19)22-13-18(16)10-17(20)9-14/h3-13H,1-2H3. The number of rotatable bonds is 2. The monoisotopic (exact) mass is 299 g/mol. The fourth-order valence-electron chi connectivity index (χ4n) is 3.02. The van der Waals surface area contributed by atoms with Crippen LogP contribution >= 0.6 is 0 Å². The Bertz CT molecular complexity index is 1010. The first-order valence-electron chi connectivity index (χ1n) is 7.73. The van der Waals surface area contributed by atoms with Crippen molar-refractivity contribution in [3.8, 4) is 11.6 Å². The summed E-state index contributed by atoms with van der Waals surface area (Å²) < 4.78 is 5.84. The number of aryl methyl sites for hydroxylation is 2. The quantitative estimate of drug-likeness (QED) is 0.437. The minimum absolute atomic E-state index is 0.618. The number of aromatic nitrogens is 1. The van der Waals surface area contributed by atoms with Crippen molar-refractivity contribution in [1.29, 1.82) is 0 Å². The van der Waals surface area contributed by atoms with Crippen molar-refractivity contribution in [1.82, 2.24) is 4.98 Å². The van der Waals surface area contributed by atoms with Gasteiger partial charge in [-0.25, -0.2) is 4.98 Å². The van der Waals surface area contributed by atoms with E-state index >= 15 is 0 Å². The summed E-state index contributed by atoms with van der Waals surface area (Å²) in [6, 6.07) is 20.6. The molecule has 2 nitrogen and oxygen atoms in total. The van der Waals surface area contributed by atoms with Gasteiger partial charge in [-0.2, -0.15) is 0 Å². The summed E-state index contributed by atoms with van der Waals surface area (Å²) >= 11 is 0. The average Bonchev–Trinajstić information content (AvgIpc) is 2.54. The Morgan fingerprint density at radius 1 is 0.783 bits per heavy atom. The minimum atomic E-state index is 0.618. The van der Waals surface area contributed by atoms with Crippen molar-refractivity contribution in [2.45, 2.75) is 13.8 Å². The summed E-state index contributed by atoms with van der Waals surface area (Å²) in [6.45, 7) is 4.29. The van der Waals surface area contributed by atoms with Gasteiger partial charge >= 0.3 is 0 Å². The van der Waals surface area contributed by atoms with Gasteiger partial charge < -0.3 is 4.74 Å². The highest BCUT2D eigenvalue weighted by molar-refractivity contribution is 5.99. The summed E-state index contributed by atoms with van der Waals surface area (Å²) in [6.07, 6.45) is 1.88. The molecule has 0 aliphatic rings. The number of benzene rings is 3. The number of hydrogen-bond donors (Lipinski definition) is 0. The second-order valence-electron chi connectivity index (χ2n) is 5.94. The Balaban J connectivity index is 1.83. The second-order valence-corrected chi connectivity index (χ2v) is 5.94. The number of ether oxygens (including phenoxy) is 1. The molecule has 4 rings (SSSR count). The first-order valence-corrected chi connectivity index (χ1v) is 7.73. The maximum atomic E-state index is 5.84. The molecule has 1 aromatic heterocycles. The van der Waals surface area contributed by atoms with E-state index in [1.807, 2.05) is 42.6 Å². The Hall–Kier alpha value is -2.87. The predicted octanol–water partition coefficient (Wildman–Crippen LogP) is 5.80. The largest absolute Gasteiger partial charge is 0.439 e. The summed E-state index contributed by atoms with van der Waals surface area (Å²) in [4.78, 5) is 4.43. The van der Waals surface area contributed by atoms with Crippen molar-refractivity contribution in [3.05, 3.63) is 78.0 Å². The third kappa shape index (κ3) is 2.64. The molecule has 0 saturated heterocycles. The first-order chi connectivity index (χ1) is 11.2. The van der Waals surface area contributed by atoms with Gasteiger partial charge in [-0.3, -0.25) is 0 Å². The van der Waals surface area contributed by atoms with E-state index in [0.717, 1.165) is 16.5 Å². The van der Waals surface area contributed by atoms with Crippen molar-refractivity contribution < 1.29 is 4.74 Å². The Kier molecular flexibility index (Phi) is 3.23. The van der Waals surface area contributed by atoms with E-state index in [4.69, 9.17) is 4.74 Å². The topological polar surface area (TPSA) is 22.1 Å².